The number of methoxy groups -OCH3 is 4. The van der Waals surface area contributed by atoms with Crippen LogP contribution in [0.1, 0.15) is 41.5 Å². The molecule has 2 heterocycles. The summed E-state index contributed by atoms with van der Waals surface area (Å²) >= 11 is 0. The molecule has 42 heavy (non-hydrogen) atoms. The van der Waals surface area contributed by atoms with Crippen LogP contribution >= 0.6 is 0 Å². The molecule has 0 unspecified atom stereocenters. The third kappa shape index (κ3) is 4.89. The summed E-state index contributed by atoms with van der Waals surface area (Å²) in [6.07, 6.45) is 2.40. The number of carbonyl (C=O) groups excluding carboxylic acids is 1. The molecule has 1 aromatic heterocycles. The average Bonchev–Trinajstić information content (AvgIpc) is 3.50. The first-order valence-electron chi connectivity index (χ1n) is 13.6. The summed E-state index contributed by atoms with van der Waals surface area (Å²) in [4.78, 5) is 18.4. The molecule has 1 aliphatic heterocycles. The van der Waals surface area contributed by atoms with Crippen LogP contribution in [0.25, 0.3) is 0 Å². The van der Waals surface area contributed by atoms with Gasteiger partial charge in [-0.2, -0.15) is 10.1 Å². The van der Waals surface area contributed by atoms with Gasteiger partial charge in [0.15, 0.2) is 28.8 Å². The van der Waals surface area contributed by atoms with Crippen LogP contribution in [0, 0.1) is 0 Å². The van der Waals surface area contributed by atoms with Gasteiger partial charge in [0.25, 0.3) is 0 Å². The maximum absolute atomic E-state index is 13.9. The highest BCUT2D eigenvalue weighted by molar-refractivity contribution is 6.00. The lowest BCUT2D eigenvalue weighted by molar-refractivity contribution is -0.116. The van der Waals surface area contributed by atoms with Crippen LogP contribution in [0.3, 0.4) is 0 Å². The summed E-state index contributed by atoms with van der Waals surface area (Å²) in [6, 6.07) is 19.0. The van der Waals surface area contributed by atoms with Gasteiger partial charge in [0, 0.05) is 17.7 Å². The molecular formula is C32H32N4O6. The maximum Gasteiger partial charge on any atom is 0.226 e. The number of carbonyl (C=O) groups is 1. The first kappa shape index (κ1) is 27.2. The molecule has 3 aromatic carbocycles. The third-order valence-corrected chi connectivity index (χ3v) is 7.76. The molecule has 0 saturated heterocycles. The van der Waals surface area contributed by atoms with Gasteiger partial charge in [-0.3, -0.25) is 4.79 Å². The number of aromatic nitrogens is 3. The first-order chi connectivity index (χ1) is 20.5. The van der Waals surface area contributed by atoms with Crippen LogP contribution < -0.4 is 29.0 Å². The number of ether oxygens (including phenoxy) is 5. The van der Waals surface area contributed by atoms with Gasteiger partial charge in [0.05, 0.1) is 28.4 Å². The number of benzene rings is 3. The normalized spacial score (nSPS) is 17.6. The van der Waals surface area contributed by atoms with Crippen molar-refractivity contribution in [1.29, 1.82) is 0 Å². The van der Waals surface area contributed by atoms with E-state index in [-0.39, 0.29) is 11.7 Å². The lowest BCUT2D eigenvalue weighted by Gasteiger charge is -2.35. The molecule has 0 bridgehead atoms. The lowest BCUT2D eigenvalue weighted by Crippen LogP contribution is -2.33. The molecule has 10 nitrogen and oxygen atoms in total. The van der Waals surface area contributed by atoms with Crippen molar-refractivity contribution in [3.63, 3.8) is 0 Å². The molecule has 0 fully saturated rings. The van der Waals surface area contributed by atoms with E-state index in [0.29, 0.717) is 59.7 Å². The Labute approximate surface area is 243 Å². The van der Waals surface area contributed by atoms with Crippen molar-refractivity contribution >= 4 is 11.7 Å². The monoisotopic (exact) mass is 568 g/mol. The average molecular weight is 569 g/mol. The predicted octanol–water partition coefficient (Wildman–Crippen LogP) is 5.31. The van der Waals surface area contributed by atoms with Crippen molar-refractivity contribution in [2.45, 2.75) is 31.4 Å². The van der Waals surface area contributed by atoms with E-state index in [0.717, 1.165) is 22.4 Å². The Bertz CT molecular complexity index is 1620. The summed E-state index contributed by atoms with van der Waals surface area (Å²) in [6.45, 7) is 0.410. The molecule has 4 aromatic rings. The minimum atomic E-state index is -0.468. The van der Waals surface area contributed by atoms with Gasteiger partial charge in [-0.25, -0.2) is 4.68 Å². The fourth-order valence-corrected chi connectivity index (χ4v) is 5.74. The third-order valence-electron chi connectivity index (χ3n) is 7.76. The summed E-state index contributed by atoms with van der Waals surface area (Å²) in [5.41, 5.74) is 4.31. The van der Waals surface area contributed by atoms with Gasteiger partial charge in [-0.15, -0.1) is 0 Å². The Morgan fingerprint density at radius 2 is 1.55 bits per heavy atom. The first-order valence-corrected chi connectivity index (χ1v) is 13.6. The van der Waals surface area contributed by atoms with Crippen LogP contribution in [0.5, 0.6) is 28.7 Å². The molecule has 2 aliphatic rings. The summed E-state index contributed by atoms with van der Waals surface area (Å²) in [5.74, 6) is 3.30. The second-order valence-corrected chi connectivity index (χ2v) is 10.1. The van der Waals surface area contributed by atoms with E-state index in [4.69, 9.17) is 23.7 Å². The van der Waals surface area contributed by atoms with Crippen LogP contribution in [0.15, 0.2) is 78.3 Å². The molecular weight excluding hydrogens is 536 g/mol. The number of Topliss-reactive ketones (excluding diaryl/α,β-unsaturated/α-hetero) is 1. The Hall–Kier alpha value is -4.99. The zero-order valence-corrected chi connectivity index (χ0v) is 23.9. The molecule has 0 saturated carbocycles. The molecule has 1 N–H and O–H groups in total. The number of hydrogen-bond acceptors (Lipinski definition) is 9. The second-order valence-electron chi connectivity index (χ2n) is 10.1. The lowest BCUT2D eigenvalue weighted by atomic mass is 9.77. The largest absolute Gasteiger partial charge is 0.493 e. The van der Waals surface area contributed by atoms with Crippen LogP contribution in [0.4, 0.5) is 5.95 Å². The van der Waals surface area contributed by atoms with E-state index in [2.05, 4.69) is 15.4 Å². The van der Waals surface area contributed by atoms with Gasteiger partial charge >= 0.3 is 0 Å². The van der Waals surface area contributed by atoms with Crippen molar-refractivity contribution in [2.24, 2.45) is 0 Å². The number of nitrogens with zero attached hydrogens (tertiary/aromatic N) is 3. The van der Waals surface area contributed by atoms with E-state index in [1.165, 1.54) is 6.33 Å². The maximum atomic E-state index is 13.9. The summed E-state index contributed by atoms with van der Waals surface area (Å²) in [7, 11) is 6.34. The van der Waals surface area contributed by atoms with E-state index in [1.807, 2.05) is 60.7 Å². The van der Waals surface area contributed by atoms with Crippen LogP contribution in [-0.2, 0) is 11.4 Å². The number of anilines is 1. The highest BCUT2D eigenvalue weighted by Gasteiger charge is 2.40. The molecule has 10 heteroatoms. The minimum absolute atomic E-state index is 0.0250. The SMILES string of the molecule is COc1cc([C@H]2C3=C(C[C@H](c4cc(OC)c(OC)c(OC)c4)CC3=O)Nc3ncnn32)ccc1OCc1ccccc1. The number of allylic oxidation sites excluding steroid dienone is 2. The van der Waals surface area contributed by atoms with Crippen LogP contribution in [0.2, 0.25) is 0 Å². The van der Waals surface area contributed by atoms with Crippen molar-refractivity contribution in [3.8, 4) is 28.7 Å². The topological polar surface area (TPSA) is 106 Å². The smallest absolute Gasteiger partial charge is 0.226 e. The molecule has 1 aliphatic carbocycles. The standard InChI is InChI=1S/C32H32N4O6/c1-38-26-14-20(10-11-25(26)42-17-19-8-6-5-7-9-19)30-29-23(35-32-33-18-34-36(30)32)12-21(13-24(29)37)22-15-27(39-2)31(41-4)28(16-22)40-3/h5-11,14-16,18,21,30H,12-13,17H2,1-4H3,(H,33,34,35)/t21-,30-/m0/s1. The van der Waals surface area contributed by atoms with E-state index < -0.39 is 6.04 Å². The van der Waals surface area contributed by atoms with E-state index in [1.54, 1.807) is 33.1 Å². The van der Waals surface area contributed by atoms with Gasteiger partial charge in [0.2, 0.25) is 11.7 Å². The zero-order chi connectivity index (χ0) is 29.2. The Kier molecular flexibility index (Phi) is 7.43. The molecule has 2 atom stereocenters. The molecule has 0 spiro atoms. The number of rotatable bonds is 9. The highest BCUT2D eigenvalue weighted by Crippen LogP contribution is 2.47. The zero-order valence-electron chi connectivity index (χ0n) is 23.9. The Morgan fingerprint density at radius 1 is 0.833 bits per heavy atom. The van der Waals surface area contributed by atoms with Crippen LogP contribution in [-0.4, -0.2) is 49.0 Å². The molecule has 6 rings (SSSR count). The van der Waals surface area contributed by atoms with Gasteiger partial charge in [-0.1, -0.05) is 36.4 Å². The fraction of sp³-hybridized carbons (Fsp3) is 0.281. The Balaban J connectivity index is 1.34. The Morgan fingerprint density at radius 3 is 2.24 bits per heavy atom. The summed E-state index contributed by atoms with van der Waals surface area (Å²) < 4.78 is 30.2. The molecule has 0 radical (unpaired) electrons. The number of nitrogens with one attached hydrogen (secondary N) is 1. The number of fused-ring (bicyclic) bond motifs is 1. The highest BCUT2D eigenvalue weighted by atomic mass is 16.5. The second kappa shape index (κ2) is 11.5. The van der Waals surface area contributed by atoms with Crippen molar-refractivity contribution in [1.82, 2.24) is 14.8 Å². The van der Waals surface area contributed by atoms with Gasteiger partial charge in [-0.05, 0) is 53.3 Å². The van der Waals surface area contributed by atoms with E-state index in [9.17, 15) is 4.79 Å². The van der Waals surface area contributed by atoms with Gasteiger partial charge in [0.1, 0.15) is 19.0 Å². The van der Waals surface area contributed by atoms with Crippen molar-refractivity contribution in [2.75, 3.05) is 33.8 Å². The van der Waals surface area contributed by atoms with Crippen molar-refractivity contribution < 1.29 is 28.5 Å². The van der Waals surface area contributed by atoms with Gasteiger partial charge < -0.3 is 29.0 Å². The molecule has 216 valence electrons. The predicted molar refractivity (Wildman–Crippen MR) is 156 cm³/mol. The van der Waals surface area contributed by atoms with E-state index >= 15 is 0 Å². The molecule has 0 amide bonds. The van der Waals surface area contributed by atoms with Crippen molar-refractivity contribution in [3.05, 3.63) is 95.0 Å². The summed E-state index contributed by atoms with van der Waals surface area (Å²) in [5, 5.41) is 7.85. The number of ketones is 1. The quantitative estimate of drug-likeness (QED) is 0.288. The fourth-order valence-electron chi connectivity index (χ4n) is 5.74. The minimum Gasteiger partial charge on any atom is -0.493 e. The number of hydrogen-bond donors (Lipinski definition) is 1.